The Morgan fingerprint density at radius 2 is 1.58 bits per heavy atom. The summed E-state index contributed by atoms with van der Waals surface area (Å²) in [7, 11) is -2.04. The van der Waals surface area contributed by atoms with E-state index in [1.807, 2.05) is 44.2 Å². The van der Waals surface area contributed by atoms with Gasteiger partial charge in [-0.3, -0.25) is 9.52 Å². The zero-order valence-electron chi connectivity index (χ0n) is 17.8. The number of ether oxygens (including phenoxy) is 1. The predicted octanol–water partition coefficient (Wildman–Crippen LogP) is 4.72. The molecule has 31 heavy (non-hydrogen) atoms. The van der Waals surface area contributed by atoms with Crippen molar-refractivity contribution in [1.82, 2.24) is 4.90 Å². The Morgan fingerprint density at radius 1 is 0.968 bits per heavy atom. The molecule has 0 aliphatic heterocycles. The van der Waals surface area contributed by atoms with E-state index < -0.39 is 10.0 Å². The number of benzene rings is 3. The molecule has 1 unspecified atom stereocenters. The van der Waals surface area contributed by atoms with Crippen molar-refractivity contribution in [2.45, 2.75) is 24.8 Å². The fraction of sp³-hybridized carbons (Fsp3) is 0.208. The monoisotopic (exact) mass is 438 g/mol. The third-order valence-corrected chi connectivity index (χ3v) is 6.41. The summed E-state index contributed by atoms with van der Waals surface area (Å²) in [5.41, 5.74) is 1.88. The molecule has 0 aliphatic carbocycles. The molecule has 1 amide bonds. The van der Waals surface area contributed by atoms with Gasteiger partial charge in [-0.15, -0.1) is 0 Å². The third kappa shape index (κ3) is 5.44. The minimum Gasteiger partial charge on any atom is -0.494 e. The number of hydrogen-bond donors (Lipinski definition) is 1. The Labute approximate surface area is 183 Å². The summed E-state index contributed by atoms with van der Waals surface area (Å²) in [6.45, 7) is 4.37. The molecule has 0 aromatic heterocycles. The van der Waals surface area contributed by atoms with Crippen LogP contribution in [0.1, 0.15) is 35.8 Å². The Kier molecular flexibility index (Phi) is 6.97. The smallest absolute Gasteiger partial charge is 0.261 e. The number of carbonyl (C=O) groups excluding carboxylic acids is 1. The molecule has 1 atom stereocenters. The maximum absolute atomic E-state index is 12.8. The number of amides is 1. The van der Waals surface area contributed by atoms with E-state index >= 15 is 0 Å². The van der Waals surface area contributed by atoms with Crippen molar-refractivity contribution in [3.8, 4) is 5.75 Å². The summed E-state index contributed by atoms with van der Waals surface area (Å²) in [5, 5.41) is 0. The number of anilines is 1. The number of rotatable bonds is 8. The van der Waals surface area contributed by atoms with Crippen molar-refractivity contribution in [3.05, 3.63) is 90.0 Å². The summed E-state index contributed by atoms with van der Waals surface area (Å²) in [4.78, 5) is 14.6. The van der Waals surface area contributed by atoms with Crippen molar-refractivity contribution in [2.75, 3.05) is 18.4 Å². The Balaban J connectivity index is 1.71. The lowest BCUT2D eigenvalue weighted by Crippen LogP contribution is -2.29. The maximum atomic E-state index is 12.8. The van der Waals surface area contributed by atoms with Gasteiger partial charge in [-0.25, -0.2) is 8.42 Å². The largest absolute Gasteiger partial charge is 0.494 e. The third-order valence-electron chi connectivity index (χ3n) is 5.01. The lowest BCUT2D eigenvalue weighted by Gasteiger charge is -2.25. The van der Waals surface area contributed by atoms with Crippen LogP contribution in [0.15, 0.2) is 83.8 Å². The summed E-state index contributed by atoms with van der Waals surface area (Å²) in [6, 6.07) is 22.2. The molecule has 7 heteroatoms. The molecule has 6 nitrogen and oxygen atoms in total. The quantitative estimate of drug-likeness (QED) is 0.552. The van der Waals surface area contributed by atoms with Crippen LogP contribution < -0.4 is 9.46 Å². The highest BCUT2D eigenvalue weighted by Crippen LogP contribution is 2.23. The standard InChI is InChI=1S/C24H26N2O4S/c1-4-30-22-14-12-21(13-15-22)25-31(28,29)23-16-10-20(11-17-23)24(27)26(3)18(2)19-8-6-5-7-9-19/h5-18,25H,4H2,1-3H3. The van der Waals surface area contributed by atoms with Gasteiger partial charge in [0.25, 0.3) is 15.9 Å². The second-order valence-corrected chi connectivity index (χ2v) is 8.77. The van der Waals surface area contributed by atoms with E-state index in [2.05, 4.69) is 4.72 Å². The number of sulfonamides is 1. The van der Waals surface area contributed by atoms with E-state index in [-0.39, 0.29) is 16.8 Å². The van der Waals surface area contributed by atoms with Crippen LogP contribution in [-0.4, -0.2) is 32.9 Å². The van der Waals surface area contributed by atoms with Crippen molar-refractivity contribution in [3.63, 3.8) is 0 Å². The SMILES string of the molecule is CCOc1ccc(NS(=O)(=O)c2ccc(C(=O)N(C)C(C)c3ccccc3)cc2)cc1. The number of hydrogen-bond acceptors (Lipinski definition) is 4. The van der Waals surface area contributed by atoms with Crippen LogP contribution in [0.5, 0.6) is 5.75 Å². The van der Waals surface area contributed by atoms with E-state index in [0.717, 1.165) is 5.56 Å². The van der Waals surface area contributed by atoms with Gasteiger partial charge in [-0.2, -0.15) is 0 Å². The molecule has 0 aliphatic rings. The minimum absolute atomic E-state index is 0.0803. The summed E-state index contributed by atoms with van der Waals surface area (Å²) < 4.78 is 33.3. The predicted molar refractivity (Wildman–Crippen MR) is 122 cm³/mol. The first-order valence-electron chi connectivity index (χ1n) is 9.99. The molecule has 0 spiro atoms. The first-order chi connectivity index (χ1) is 14.8. The second-order valence-electron chi connectivity index (χ2n) is 7.09. The van der Waals surface area contributed by atoms with E-state index in [4.69, 9.17) is 4.74 Å². The highest BCUT2D eigenvalue weighted by Gasteiger charge is 2.20. The van der Waals surface area contributed by atoms with Crippen molar-refractivity contribution in [2.24, 2.45) is 0 Å². The maximum Gasteiger partial charge on any atom is 0.261 e. The van der Waals surface area contributed by atoms with Gasteiger partial charge in [-0.1, -0.05) is 30.3 Å². The Morgan fingerprint density at radius 3 is 2.16 bits per heavy atom. The van der Waals surface area contributed by atoms with E-state index in [1.165, 1.54) is 24.3 Å². The molecule has 0 fully saturated rings. The lowest BCUT2D eigenvalue weighted by molar-refractivity contribution is 0.0742. The average Bonchev–Trinajstić information content (AvgIpc) is 2.79. The van der Waals surface area contributed by atoms with E-state index in [1.54, 1.807) is 36.2 Å². The Bertz CT molecular complexity index is 1110. The van der Waals surface area contributed by atoms with E-state index in [9.17, 15) is 13.2 Å². The van der Waals surface area contributed by atoms with Gasteiger partial charge in [0.2, 0.25) is 0 Å². The highest BCUT2D eigenvalue weighted by molar-refractivity contribution is 7.92. The van der Waals surface area contributed by atoms with Gasteiger partial charge >= 0.3 is 0 Å². The summed E-state index contributed by atoms with van der Waals surface area (Å²) in [5.74, 6) is 0.488. The number of carbonyl (C=O) groups is 1. The number of nitrogens with zero attached hydrogens (tertiary/aromatic N) is 1. The second kappa shape index (κ2) is 9.66. The molecule has 0 saturated carbocycles. The molecule has 0 saturated heterocycles. The molecule has 0 radical (unpaired) electrons. The molecule has 0 heterocycles. The average molecular weight is 439 g/mol. The lowest BCUT2D eigenvalue weighted by atomic mass is 10.1. The van der Waals surface area contributed by atoms with Crippen molar-refractivity contribution >= 4 is 21.6 Å². The van der Waals surface area contributed by atoms with Gasteiger partial charge in [0.1, 0.15) is 5.75 Å². The van der Waals surface area contributed by atoms with E-state index in [0.29, 0.717) is 23.6 Å². The van der Waals surface area contributed by atoms with Gasteiger partial charge in [0.15, 0.2) is 0 Å². The number of nitrogens with one attached hydrogen (secondary N) is 1. The topological polar surface area (TPSA) is 75.7 Å². The van der Waals surface area contributed by atoms with Crippen LogP contribution in [-0.2, 0) is 10.0 Å². The van der Waals surface area contributed by atoms with Gasteiger partial charge < -0.3 is 9.64 Å². The molecule has 1 N–H and O–H groups in total. The molecule has 162 valence electrons. The molecule has 3 aromatic carbocycles. The molecular formula is C24H26N2O4S. The van der Waals surface area contributed by atoms with Crippen LogP contribution >= 0.6 is 0 Å². The Hall–Kier alpha value is -3.32. The summed E-state index contributed by atoms with van der Waals surface area (Å²) in [6.07, 6.45) is 0. The van der Waals surface area contributed by atoms with Crippen LogP contribution in [0.2, 0.25) is 0 Å². The van der Waals surface area contributed by atoms with Gasteiger partial charge in [0, 0.05) is 18.3 Å². The first kappa shape index (κ1) is 22.4. The fourth-order valence-corrected chi connectivity index (χ4v) is 4.17. The molecule has 0 bridgehead atoms. The highest BCUT2D eigenvalue weighted by atomic mass is 32.2. The first-order valence-corrected chi connectivity index (χ1v) is 11.5. The van der Waals surface area contributed by atoms with Crippen LogP contribution in [0, 0.1) is 0 Å². The fourth-order valence-electron chi connectivity index (χ4n) is 3.11. The normalized spacial score (nSPS) is 12.1. The van der Waals surface area contributed by atoms with Crippen LogP contribution in [0.25, 0.3) is 0 Å². The van der Waals surface area contributed by atoms with Crippen LogP contribution in [0.4, 0.5) is 5.69 Å². The van der Waals surface area contributed by atoms with Gasteiger partial charge in [-0.05, 0) is 67.9 Å². The zero-order valence-corrected chi connectivity index (χ0v) is 18.6. The van der Waals surface area contributed by atoms with Gasteiger partial charge in [0.05, 0.1) is 17.5 Å². The molecular weight excluding hydrogens is 412 g/mol. The molecule has 3 rings (SSSR count). The summed E-state index contributed by atoms with van der Waals surface area (Å²) >= 11 is 0. The van der Waals surface area contributed by atoms with Crippen molar-refractivity contribution < 1.29 is 17.9 Å². The molecule has 3 aromatic rings. The zero-order chi connectivity index (χ0) is 22.4. The van der Waals surface area contributed by atoms with Crippen LogP contribution in [0.3, 0.4) is 0 Å². The van der Waals surface area contributed by atoms with Crippen molar-refractivity contribution in [1.29, 1.82) is 0 Å². The minimum atomic E-state index is -3.78.